The second kappa shape index (κ2) is 5.70. The number of hydrogen-bond acceptors (Lipinski definition) is 3. The number of rotatable bonds is 3. The molecular formula is C19H14N2S. The molecule has 0 aliphatic rings. The lowest BCUT2D eigenvalue weighted by molar-refractivity contribution is 0.995. The first-order valence-corrected chi connectivity index (χ1v) is 8.10. The Kier molecular flexibility index (Phi) is 3.41. The average Bonchev–Trinajstić information content (AvgIpc) is 3.00. The van der Waals surface area contributed by atoms with Gasteiger partial charge < -0.3 is 0 Å². The third-order valence-corrected chi connectivity index (χ3v) is 4.56. The monoisotopic (exact) mass is 302 g/mol. The zero-order valence-electron chi connectivity index (χ0n) is 11.9. The van der Waals surface area contributed by atoms with Crippen LogP contribution in [0.15, 0.2) is 72.2 Å². The fourth-order valence-electron chi connectivity index (χ4n) is 2.55. The normalized spacial score (nSPS) is 10.9. The molecule has 0 aliphatic carbocycles. The molecule has 4 rings (SSSR count). The molecule has 0 amide bonds. The summed E-state index contributed by atoms with van der Waals surface area (Å²) >= 11 is 1.70. The summed E-state index contributed by atoms with van der Waals surface area (Å²) in [6.45, 7) is 0. The predicted octanol–water partition coefficient (Wildman–Crippen LogP) is 4.95. The molecule has 3 heteroatoms. The number of thiophene rings is 1. The largest absolute Gasteiger partial charge is 0.239 e. The summed E-state index contributed by atoms with van der Waals surface area (Å²) in [6.07, 6.45) is 2.71. The van der Waals surface area contributed by atoms with Gasteiger partial charge in [0.15, 0.2) is 0 Å². The molecule has 2 aromatic carbocycles. The highest BCUT2D eigenvalue weighted by Gasteiger charge is 2.09. The molecule has 0 atom stereocenters. The van der Waals surface area contributed by atoms with E-state index in [4.69, 9.17) is 4.98 Å². The highest BCUT2D eigenvalue weighted by atomic mass is 32.1. The van der Waals surface area contributed by atoms with Crippen LogP contribution in [0, 0.1) is 0 Å². The molecule has 4 aromatic rings. The van der Waals surface area contributed by atoms with E-state index < -0.39 is 0 Å². The van der Waals surface area contributed by atoms with Crippen molar-refractivity contribution < 1.29 is 0 Å². The molecule has 22 heavy (non-hydrogen) atoms. The van der Waals surface area contributed by atoms with Gasteiger partial charge in [0.25, 0.3) is 0 Å². The zero-order chi connectivity index (χ0) is 14.8. The van der Waals surface area contributed by atoms with Gasteiger partial charge in [-0.05, 0) is 11.1 Å². The molecule has 0 saturated carbocycles. The minimum absolute atomic E-state index is 0.765. The molecule has 0 bridgehead atoms. The average molecular weight is 302 g/mol. The third-order valence-electron chi connectivity index (χ3n) is 3.65. The first-order valence-electron chi connectivity index (χ1n) is 7.22. The smallest absolute Gasteiger partial charge is 0.133 e. The maximum atomic E-state index is 4.81. The Hall–Kier alpha value is -2.52. The van der Waals surface area contributed by atoms with E-state index in [1.54, 1.807) is 11.3 Å². The molecule has 2 aromatic heterocycles. The van der Waals surface area contributed by atoms with E-state index in [1.807, 2.05) is 30.5 Å². The number of nitrogens with zero attached hydrogens (tertiary/aromatic N) is 2. The third kappa shape index (κ3) is 2.51. The number of aromatic nitrogens is 2. The molecule has 0 saturated heterocycles. The van der Waals surface area contributed by atoms with Crippen LogP contribution in [-0.4, -0.2) is 9.97 Å². The molecule has 106 valence electrons. The number of hydrogen-bond donors (Lipinski definition) is 0. The lowest BCUT2D eigenvalue weighted by Gasteiger charge is -2.02. The highest BCUT2D eigenvalue weighted by molar-refractivity contribution is 7.17. The van der Waals surface area contributed by atoms with Crippen molar-refractivity contribution in [2.24, 2.45) is 0 Å². The van der Waals surface area contributed by atoms with Gasteiger partial charge in [-0.15, -0.1) is 11.3 Å². The molecule has 0 aliphatic heterocycles. The van der Waals surface area contributed by atoms with Crippen LogP contribution in [-0.2, 0) is 6.42 Å². The summed E-state index contributed by atoms with van der Waals surface area (Å²) in [7, 11) is 0. The zero-order valence-corrected chi connectivity index (χ0v) is 12.8. The quantitative estimate of drug-likeness (QED) is 0.535. The van der Waals surface area contributed by atoms with Crippen LogP contribution >= 0.6 is 11.3 Å². The fraction of sp³-hybridized carbons (Fsp3) is 0.0526. The minimum atomic E-state index is 0.765. The molecule has 0 fully saturated rings. The van der Waals surface area contributed by atoms with Gasteiger partial charge in [0.1, 0.15) is 5.82 Å². The molecule has 0 unspecified atom stereocenters. The Bertz CT molecular complexity index is 899. The van der Waals surface area contributed by atoms with E-state index in [2.05, 4.69) is 46.8 Å². The molecule has 0 radical (unpaired) electrons. The number of fused-ring (bicyclic) bond motifs is 1. The fourth-order valence-corrected chi connectivity index (χ4v) is 3.42. The lowest BCUT2D eigenvalue weighted by Crippen LogP contribution is -1.96. The van der Waals surface area contributed by atoms with E-state index in [0.717, 1.165) is 22.5 Å². The van der Waals surface area contributed by atoms with Crippen LogP contribution in [0.4, 0.5) is 0 Å². The van der Waals surface area contributed by atoms with Crippen LogP contribution < -0.4 is 0 Å². The molecule has 2 heterocycles. The Labute approximate surface area is 133 Å². The van der Waals surface area contributed by atoms with E-state index >= 15 is 0 Å². The maximum absolute atomic E-state index is 4.81. The van der Waals surface area contributed by atoms with Crippen LogP contribution in [0.2, 0.25) is 0 Å². The van der Waals surface area contributed by atoms with Crippen LogP contribution in [0.25, 0.3) is 21.3 Å². The summed E-state index contributed by atoms with van der Waals surface area (Å²) in [4.78, 5) is 9.31. The Morgan fingerprint density at radius 3 is 2.36 bits per heavy atom. The highest BCUT2D eigenvalue weighted by Crippen LogP contribution is 2.32. The van der Waals surface area contributed by atoms with Gasteiger partial charge in [0.05, 0.1) is 10.2 Å². The van der Waals surface area contributed by atoms with E-state index in [1.165, 1.54) is 16.7 Å². The van der Waals surface area contributed by atoms with Gasteiger partial charge in [-0.3, -0.25) is 0 Å². The van der Waals surface area contributed by atoms with Crippen LogP contribution in [0.3, 0.4) is 0 Å². The second-order valence-corrected chi connectivity index (χ2v) is 6.09. The van der Waals surface area contributed by atoms with Crippen molar-refractivity contribution in [1.29, 1.82) is 0 Å². The first-order chi connectivity index (χ1) is 10.9. The van der Waals surface area contributed by atoms with Crippen LogP contribution in [0.5, 0.6) is 0 Å². The van der Waals surface area contributed by atoms with Crippen molar-refractivity contribution in [1.82, 2.24) is 9.97 Å². The van der Waals surface area contributed by atoms with Crippen molar-refractivity contribution in [3.63, 3.8) is 0 Å². The van der Waals surface area contributed by atoms with Crippen molar-refractivity contribution in [2.45, 2.75) is 6.42 Å². The standard InChI is InChI=1S/C19H14N2S/c1-3-7-14(8-4-1)11-18-20-12-17-19(21-18)16(13-22-17)15-9-5-2-6-10-15/h1-10,12-13H,11H2. The van der Waals surface area contributed by atoms with Gasteiger partial charge >= 0.3 is 0 Å². The second-order valence-electron chi connectivity index (χ2n) is 5.18. The molecular weight excluding hydrogens is 288 g/mol. The maximum Gasteiger partial charge on any atom is 0.133 e. The van der Waals surface area contributed by atoms with Crippen LogP contribution in [0.1, 0.15) is 11.4 Å². The summed E-state index contributed by atoms with van der Waals surface area (Å²) in [5, 5.41) is 2.17. The van der Waals surface area contributed by atoms with Crippen molar-refractivity contribution in [3.05, 3.63) is 83.6 Å². The summed E-state index contributed by atoms with van der Waals surface area (Å²) in [5.41, 5.74) is 4.69. The molecule has 0 spiro atoms. The Morgan fingerprint density at radius 2 is 1.59 bits per heavy atom. The SMILES string of the molecule is c1ccc(Cc2ncc3scc(-c4ccccc4)c3n2)cc1. The van der Waals surface area contributed by atoms with Gasteiger partial charge in [0, 0.05) is 23.6 Å². The predicted molar refractivity (Wildman–Crippen MR) is 92.1 cm³/mol. The Balaban J connectivity index is 1.77. The van der Waals surface area contributed by atoms with Crippen molar-refractivity contribution >= 4 is 21.6 Å². The van der Waals surface area contributed by atoms with Gasteiger partial charge in [-0.25, -0.2) is 9.97 Å². The summed E-state index contributed by atoms with van der Waals surface area (Å²) in [6, 6.07) is 20.8. The summed E-state index contributed by atoms with van der Waals surface area (Å²) in [5.74, 6) is 0.870. The van der Waals surface area contributed by atoms with Gasteiger partial charge in [0.2, 0.25) is 0 Å². The molecule has 2 nitrogen and oxygen atoms in total. The van der Waals surface area contributed by atoms with Gasteiger partial charge in [-0.2, -0.15) is 0 Å². The Morgan fingerprint density at radius 1 is 0.864 bits per heavy atom. The van der Waals surface area contributed by atoms with Crippen molar-refractivity contribution in [3.8, 4) is 11.1 Å². The number of benzene rings is 2. The lowest BCUT2D eigenvalue weighted by atomic mass is 10.1. The van der Waals surface area contributed by atoms with E-state index in [9.17, 15) is 0 Å². The van der Waals surface area contributed by atoms with E-state index in [-0.39, 0.29) is 0 Å². The minimum Gasteiger partial charge on any atom is -0.239 e. The molecule has 0 N–H and O–H groups in total. The topological polar surface area (TPSA) is 25.8 Å². The van der Waals surface area contributed by atoms with Gasteiger partial charge in [-0.1, -0.05) is 60.7 Å². The first kappa shape index (κ1) is 13.2. The van der Waals surface area contributed by atoms with Crippen molar-refractivity contribution in [2.75, 3.05) is 0 Å². The van der Waals surface area contributed by atoms with E-state index in [0.29, 0.717) is 0 Å². The summed E-state index contributed by atoms with van der Waals surface area (Å²) < 4.78 is 1.13.